The summed E-state index contributed by atoms with van der Waals surface area (Å²) in [6, 6.07) is 0. The van der Waals surface area contributed by atoms with E-state index in [2.05, 4.69) is 4.98 Å². The largest absolute Gasteiger partial charge is 0.390 e. The van der Waals surface area contributed by atoms with Crippen molar-refractivity contribution >= 4 is 0 Å². The number of ether oxygens (including phenoxy) is 1. The highest BCUT2D eigenvalue weighted by Crippen LogP contribution is 2.27. The number of aliphatic hydroxyl groups excluding tert-OH is 1. The van der Waals surface area contributed by atoms with Crippen molar-refractivity contribution in [2.24, 2.45) is 0 Å². The van der Waals surface area contributed by atoms with Gasteiger partial charge in [-0.2, -0.15) is 5.06 Å². The van der Waals surface area contributed by atoms with Gasteiger partial charge >= 0.3 is 5.69 Å². The molecule has 1 aromatic rings. The molecule has 0 amide bonds. The Morgan fingerprint density at radius 1 is 1.55 bits per heavy atom. The van der Waals surface area contributed by atoms with Crippen LogP contribution in [0.1, 0.15) is 18.2 Å². The monoisotopic (exact) mass is 285 g/mol. The van der Waals surface area contributed by atoms with E-state index in [4.69, 9.17) is 9.57 Å². The normalized spacial score (nSPS) is 26.4. The third-order valence-electron chi connectivity index (χ3n) is 3.16. The lowest BCUT2D eigenvalue weighted by Crippen LogP contribution is -2.33. The predicted octanol–water partition coefficient (Wildman–Crippen LogP) is -1.01. The van der Waals surface area contributed by atoms with E-state index in [9.17, 15) is 14.7 Å². The van der Waals surface area contributed by atoms with Crippen molar-refractivity contribution < 1.29 is 14.7 Å². The topological polar surface area (TPSA) is 96.8 Å². The van der Waals surface area contributed by atoms with Crippen molar-refractivity contribution in [3.63, 3.8) is 0 Å². The average molecular weight is 285 g/mol. The summed E-state index contributed by atoms with van der Waals surface area (Å²) in [5, 5.41) is 11.5. The molecule has 1 aliphatic rings. The number of nitrogens with zero attached hydrogens (tertiary/aromatic N) is 2. The van der Waals surface area contributed by atoms with Crippen LogP contribution in [0.25, 0.3) is 0 Å². The summed E-state index contributed by atoms with van der Waals surface area (Å²) >= 11 is 0. The third-order valence-corrected chi connectivity index (χ3v) is 3.16. The molecule has 1 aromatic heterocycles. The number of hydrogen-bond donors (Lipinski definition) is 2. The molecule has 112 valence electrons. The lowest BCUT2D eigenvalue weighted by molar-refractivity contribution is -0.165. The number of rotatable bonds is 4. The molecule has 0 saturated carbocycles. The van der Waals surface area contributed by atoms with Gasteiger partial charge in [-0.25, -0.2) is 4.79 Å². The minimum atomic E-state index is -0.723. The number of nitrogens with one attached hydrogen (secondary N) is 1. The van der Waals surface area contributed by atoms with Crippen molar-refractivity contribution in [3.8, 4) is 0 Å². The van der Waals surface area contributed by atoms with Crippen LogP contribution in [0.5, 0.6) is 0 Å². The highest BCUT2D eigenvalue weighted by molar-refractivity contribution is 5.02. The van der Waals surface area contributed by atoms with Gasteiger partial charge in [-0.3, -0.25) is 19.2 Å². The molecule has 2 rings (SSSR count). The molecule has 20 heavy (non-hydrogen) atoms. The lowest BCUT2D eigenvalue weighted by atomic mass is 10.2. The maximum absolute atomic E-state index is 11.8. The minimum absolute atomic E-state index is 0.196. The van der Waals surface area contributed by atoms with E-state index in [1.54, 1.807) is 21.0 Å². The summed E-state index contributed by atoms with van der Waals surface area (Å²) < 4.78 is 6.91. The average Bonchev–Trinajstić information content (AvgIpc) is 2.72. The standard InChI is InChI=1S/C12H19N3O5/c1-7-5-15(12(18)13-11(7)17)10-4-8(16)9(20-10)6-19-14(2)3/h5,8-10,16H,4,6H2,1-3H3,(H,13,17,18). The van der Waals surface area contributed by atoms with Crippen LogP contribution in [0.15, 0.2) is 15.8 Å². The van der Waals surface area contributed by atoms with Gasteiger partial charge in [0.25, 0.3) is 5.56 Å². The number of H-pyrrole nitrogens is 1. The molecule has 1 aliphatic heterocycles. The number of hydroxylamine groups is 2. The lowest BCUT2D eigenvalue weighted by Gasteiger charge is -2.18. The molecule has 3 atom stereocenters. The Labute approximate surface area is 115 Å². The van der Waals surface area contributed by atoms with Crippen LogP contribution in [0, 0.1) is 6.92 Å². The van der Waals surface area contributed by atoms with Crippen molar-refractivity contribution in [2.45, 2.75) is 31.8 Å². The van der Waals surface area contributed by atoms with Gasteiger partial charge in [0.2, 0.25) is 0 Å². The zero-order chi connectivity index (χ0) is 14.9. The number of aromatic amines is 1. The number of aliphatic hydroxyl groups is 1. The van der Waals surface area contributed by atoms with Crippen LogP contribution in [-0.2, 0) is 9.57 Å². The molecule has 8 heteroatoms. The first-order chi connectivity index (χ1) is 9.38. The van der Waals surface area contributed by atoms with Gasteiger partial charge in [0.05, 0.1) is 12.7 Å². The van der Waals surface area contributed by atoms with Gasteiger partial charge in [-0.1, -0.05) is 0 Å². The van der Waals surface area contributed by atoms with Crippen LogP contribution in [0.4, 0.5) is 0 Å². The first-order valence-corrected chi connectivity index (χ1v) is 6.34. The maximum atomic E-state index is 11.8. The van der Waals surface area contributed by atoms with Gasteiger partial charge in [-0.15, -0.1) is 0 Å². The summed E-state index contributed by atoms with van der Waals surface area (Å²) in [6.07, 6.45) is -0.134. The summed E-state index contributed by atoms with van der Waals surface area (Å²) in [5.74, 6) is 0. The zero-order valence-electron chi connectivity index (χ0n) is 11.7. The van der Waals surface area contributed by atoms with Crippen LogP contribution in [0.2, 0.25) is 0 Å². The molecular formula is C12H19N3O5. The number of aryl methyl sites for hydroxylation is 1. The highest BCUT2D eigenvalue weighted by atomic mass is 16.7. The summed E-state index contributed by atoms with van der Waals surface area (Å²) in [6.45, 7) is 1.80. The van der Waals surface area contributed by atoms with Gasteiger partial charge in [0.1, 0.15) is 12.3 Å². The van der Waals surface area contributed by atoms with E-state index in [-0.39, 0.29) is 13.0 Å². The van der Waals surface area contributed by atoms with E-state index in [1.165, 1.54) is 15.8 Å². The summed E-state index contributed by atoms with van der Waals surface area (Å²) in [4.78, 5) is 30.6. The van der Waals surface area contributed by atoms with Crippen molar-refractivity contribution in [1.29, 1.82) is 0 Å². The Balaban J connectivity index is 2.14. The van der Waals surface area contributed by atoms with Gasteiger partial charge in [0, 0.05) is 32.3 Å². The van der Waals surface area contributed by atoms with E-state index in [0.29, 0.717) is 5.56 Å². The highest BCUT2D eigenvalue weighted by Gasteiger charge is 2.35. The minimum Gasteiger partial charge on any atom is -0.390 e. The first-order valence-electron chi connectivity index (χ1n) is 6.34. The predicted molar refractivity (Wildman–Crippen MR) is 70.2 cm³/mol. The Kier molecular flexibility index (Phi) is 4.39. The molecule has 1 fully saturated rings. The molecule has 3 unspecified atom stereocenters. The fourth-order valence-corrected chi connectivity index (χ4v) is 2.06. The van der Waals surface area contributed by atoms with Gasteiger partial charge < -0.3 is 9.84 Å². The summed E-state index contributed by atoms with van der Waals surface area (Å²) in [5.41, 5.74) is -0.556. The molecule has 0 radical (unpaired) electrons. The second kappa shape index (κ2) is 5.88. The Bertz CT molecular complexity index is 579. The number of aromatic nitrogens is 2. The molecule has 8 nitrogen and oxygen atoms in total. The molecule has 0 bridgehead atoms. The molecule has 0 aromatic carbocycles. The van der Waals surface area contributed by atoms with Crippen LogP contribution in [0.3, 0.4) is 0 Å². The molecule has 1 saturated heterocycles. The SMILES string of the molecule is Cc1cn(C2CC(O)C(CON(C)C)O2)c(=O)[nH]c1=O. The first kappa shape index (κ1) is 14.9. The molecule has 2 heterocycles. The smallest absolute Gasteiger partial charge is 0.330 e. The van der Waals surface area contributed by atoms with Crippen LogP contribution >= 0.6 is 0 Å². The second-order valence-corrected chi connectivity index (χ2v) is 5.02. The fourth-order valence-electron chi connectivity index (χ4n) is 2.06. The van der Waals surface area contributed by atoms with E-state index >= 15 is 0 Å². The van der Waals surface area contributed by atoms with Crippen molar-refractivity contribution in [2.75, 3.05) is 20.7 Å². The van der Waals surface area contributed by atoms with Crippen molar-refractivity contribution in [1.82, 2.24) is 14.6 Å². The van der Waals surface area contributed by atoms with E-state index in [1.807, 2.05) is 0 Å². The van der Waals surface area contributed by atoms with E-state index < -0.39 is 29.7 Å². The van der Waals surface area contributed by atoms with Crippen LogP contribution < -0.4 is 11.2 Å². The Morgan fingerprint density at radius 3 is 2.90 bits per heavy atom. The van der Waals surface area contributed by atoms with E-state index in [0.717, 1.165) is 0 Å². The molecule has 2 N–H and O–H groups in total. The second-order valence-electron chi connectivity index (χ2n) is 5.02. The third kappa shape index (κ3) is 3.15. The molecular weight excluding hydrogens is 266 g/mol. The zero-order valence-corrected chi connectivity index (χ0v) is 11.7. The van der Waals surface area contributed by atoms with Crippen molar-refractivity contribution in [3.05, 3.63) is 32.6 Å². The number of hydrogen-bond acceptors (Lipinski definition) is 6. The van der Waals surface area contributed by atoms with Gasteiger partial charge in [0.15, 0.2) is 0 Å². The van der Waals surface area contributed by atoms with Crippen LogP contribution in [-0.4, -0.2) is 52.6 Å². The van der Waals surface area contributed by atoms with Gasteiger partial charge in [-0.05, 0) is 6.92 Å². The Hall–Kier alpha value is -1.48. The Morgan fingerprint density at radius 2 is 2.25 bits per heavy atom. The quantitative estimate of drug-likeness (QED) is 0.688. The molecule has 0 spiro atoms. The summed E-state index contributed by atoms with van der Waals surface area (Å²) in [7, 11) is 3.46. The maximum Gasteiger partial charge on any atom is 0.330 e. The fraction of sp³-hybridized carbons (Fsp3) is 0.667. The molecule has 0 aliphatic carbocycles.